The molecule has 1 aliphatic rings. The molecule has 3 rings (SSSR count). The van der Waals surface area contributed by atoms with Crippen molar-refractivity contribution >= 4 is 34.8 Å². The summed E-state index contributed by atoms with van der Waals surface area (Å²) in [5, 5.41) is 11.6. The zero-order valence-electron chi connectivity index (χ0n) is 16.7. The van der Waals surface area contributed by atoms with Crippen LogP contribution in [0.3, 0.4) is 0 Å². The van der Waals surface area contributed by atoms with Gasteiger partial charge in [0.1, 0.15) is 0 Å². The van der Waals surface area contributed by atoms with Gasteiger partial charge in [0.25, 0.3) is 5.91 Å². The maximum Gasteiger partial charge on any atom is 0.251 e. The number of hydrogen-bond acceptors (Lipinski definition) is 4. The highest BCUT2D eigenvalue weighted by Gasteiger charge is 2.29. The minimum Gasteiger partial charge on any atom is -0.376 e. The molecule has 2 aromatic carbocycles. The smallest absolute Gasteiger partial charge is 0.251 e. The third-order valence-electron chi connectivity index (χ3n) is 4.73. The number of rotatable bonds is 8. The maximum absolute atomic E-state index is 12.4. The molecule has 29 heavy (non-hydrogen) atoms. The summed E-state index contributed by atoms with van der Waals surface area (Å²) in [5.74, 6) is -0.222. The Kier molecular flexibility index (Phi) is 6.49. The van der Waals surface area contributed by atoms with E-state index in [0.717, 1.165) is 18.4 Å². The molecule has 0 spiro atoms. The molecule has 0 radical (unpaired) electrons. The molecule has 0 atom stereocenters. The zero-order valence-corrected chi connectivity index (χ0v) is 16.7. The predicted octanol–water partition coefficient (Wildman–Crippen LogP) is 3.14. The first-order valence-corrected chi connectivity index (χ1v) is 9.80. The van der Waals surface area contributed by atoms with Crippen LogP contribution in [0.25, 0.3) is 0 Å². The van der Waals surface area contributed by atoms with Crippen molar-refractivity contribution < 1.29 is 14.4 Å². The van der Waals surface area contributed by atoms with Gasteiger partial charge in [-0.1, -0.05) is 12.1 Å². The van der Waals surface area contributed by atoms with E-state index in [1.807, 2.05) is 19.9 Å². The summed E-state index contributed by atoms with van der Waals surface area (Å²) in [6.07, 6.45) is 1.88. The van der Waals surface area contributed by atoms with Crippen molar-refractivity contribution in [2.24, 2.45) is 5.92 Å². The van der Waals surface area contributed by atoms with Crippen LogP contribution in [-0.4, -0.2) is 30.8 Å². The number of nitrogens with one attached hydrogen (secondary N) is 4. The minimum atomic E-state index is -0.220. The van der Waals surface area contributed by atoms with Gasteiger partial charge in [-0.15, -0.1) is 0 Å². The average molecular weight is 394 g/mol. The quantitative estimate of drug-likeness (QED) is 0.553. The van der Waals surface area contributed by atoms with Crippen molar-refractivity contribution in [1.82, 2.24) is 5.32 Å². The Morgan fingerprint density at radius 3 is 2.38 bits per heavy atom. The Balaban J connectivity index is 1.58. The fourth-order valence-electron chi connectivity index (χ4n) is 2.90. The fourth-order valence-corrected chi connectivity index (χ4v) is 2.90. The van der Waals surface area contributed by atoms with Crippen molar-refractivity contribution in [3.63, 3.8) is 0 Å². The lowest BCUT2D eigenvalue weighted by Gasteiger charge is -2.14. The molecule has 152 valence electrons. The first-order chi connectivity index (χ1) is 14.0. The molecule has 1 aliphatic carbocycles. The van der Waals surface area contributed by atoms with Gasteiger partial charge in [0.15, 0.2) is 0 Å². The van der Waals surface area contributed by atoms with Gasteiger partial charge in [0, 0.05) is 35.1 Å². The van der Waals surface area contributed by atoms with E-state index >= 15 is 0 Å². The third kappa shape index (κ3) is 5.57. The summed E-state index contributed by atoms with van der Waals surface area (Å²) in [5.41, 5.74) is 3.40. The van der Waals surface area contributed by atoms with Crippen molar-refractivity contribution in [3.05, 3.63) is 53.6 Å². The van der Waals surface area contributed by atoms with E-state index in [2.05, 4.69) is 21.3 Å². The van der Waals surface area contributed by atoms with Crippen LogP contribution in [0.2, 0.25) is 0 Å². The Morgan fingerprint density at radius 2 is 1.69 bits per heavy atom. The molecule has 4 N–H and O–H groups in total. The summed E-state index contributed by atoms with van der Waals surface area (Å²) in [4.78, 5) is 36.3. The first-order valence-electron chi connectivity index (χ1n) is 9.80. The number of amides is 3. The van der Waals surface area contributed by atoms with Crippen LogP contribution < -0.4 is 21.3 Å². The van der Waals surface area contributed by atoms with Crippen molar-refractivity contribution in [2.45, 2.75) is 26.7 Å². The van der Waals surface area contributed by atoms with E-state index in [1.165, 1.54) is 0 Å². The molecule has 0 unspecified atom stereocenters. The molecular formula is C22H26N4O3. The van der Waals surface area contributed by atoms with Crippen LogP contribution in [0.1, 0.15) is 35.7 Å². The second kappa shape index (κ2) is 9.23. The van der Waals surface area contributed by atoms with Gasteiger partial charge in [0.2, 0.25) is 11.8 Å². The van der Waals surface area contributed by atoms with E-state index < -0.39 is 0 Å². The van der Waals surface area contributed by atoms with E-state index in [0.29, 0.717) is 29.2 Å². The van der Waals surface area contributed by atoms with Gasteiger partial charge < -0.3 is 21.3 Å². The Morgan fingerprint density at radius 1 is 1.00 bits per heavy atom. The highest BCUT2D eigenvalue weighted by Crippen LogP contribution is 2.31. The number of hydrogen-bond donors (Lipinski definition) is 4. The van der Waals surface area contributed by atoms with E-state index in [-0.39, 0.29) is 30.2 Å². The number of carbonyl (C=O) groups is 3. The van der Waals surface area contributed by atoms with Gasteiger partial charge in [-0.2, -0.15) is 0 Å². The van der Waals surface area contributed by atoms with Crippen LogP contribution in [0, 0.1) is 12.8 Å². The topological polar surface area (TPSA) is 99.3 Å². The molecule has 0 aromatic heterocycles. The Hall–Kier alpha value is -3.35. The molecule has 1 saturated carbocycles. The number of carbonyl (C=O) groups excluding carboxylic acids is 3. The first kappa shape index (κ1) is 20.4. The molecule has 0 saturated heterocycles. The summed E-state index contributed by atoms with van der Waals surface area (Å²) in [6.45, 7) is 4.33. The lowest BCUT2D eigenvalue weighted by molar-refractivity contribution is -0.117. The van der Waals surface area contributed by atoms with E-state index in [1.54, 1.807) is 36.4 Å². The van der Waals surface area contributed by atoms with Crippen molar-refractivity contribution in [3.8, 4) is 0 Å². The second-order valence-corrected chi connectivity index (χ2v) is 7.08. The molecule has 1 fully saturated rings. The molecule has 7 heteroatoms. The molecule has 7 nitrogen and oxygen atoms in total. The fraction of sp³-hybridized carbons (Fsp3) is 0.318. The molecule has 0 aliphatic heterocycles. The monoisotopic (exact) mass is 394 g/mol. The molecule has 2 aromatic rings. The Bertz CT molecular complexity index is 922. The van der Waals surface area contributed by atoms with Gasteiger partial charge >= 0.3 is 0 Å². The molecule has 3 amide bonds. The van der Waals surface area contributed by atoms with Crippen molar-refractivity contribution in [2.75, 3.05) is 29.0 Å². The van der Waals surface area contributed by atoms with Crippen LogP contribution in [0.15, 0.2) is 42.5 Å². The molecule has 0 heterocycles. The average Bonchev–Trinajstić information content (AvgIpc) is 3.55. The number of benzene rings is 2. The highest BCUT2D eigenvalue weighted by atomic mass is 16.2. The zero-order chi connectivity index (χ0) is 20.8. The molecule has 0 bridgehead atoms. The van der Waals surface area contributed by atoms with Gasteiger partial charge in [0.05, 0.1) is 6.54 Å². The second-order valence-electron chi connectivity index (χ2n) is 7.08. The highest BCUT2D eigenvalue weighted by molar-refractivity contribution is 5.99. The lowest BCUT2D eigenvalue weighted by Crippen LogP contribution is -2.24. The summed E-state index contributed by atoms with van der Waals surface area (Å²) < 4.78 is 0. The van der Waals surface area contributed by atoms with E-state index in [9.17, 15) is 14.4 Å². The van der Waals surface area contributed by atoms with Crippen molar-refractivity contribution in [1.29, 1.82) is 0 Å². The van der Waals surface area contributed by atoms with Crippen LogP contribution in [0.5, 0.6) is 0 Å². The summed E-state index contributed by atoms with van der Waals surface area (Å²) >= 11 is 0. The van der Waals surface area contributed by atoms with Gasteiger partial charge in [-0.3, -0.25) is 14.4 Å². The number of anilines is 3. The lowest BCUT2D eigenvalue weighted by atomic mass is 10.1. The van der Waals surface area contributed by atoms with E-state index in [4.69, 9.17) is 0 Å². The summed E-state index contributed by atoms with van der Waals surface area (Å²) in [7, 11) is 0. The normalized spacial score (nSPS) is 12.8. The largest absolute Gasteiger partial charge is 0.376 e. The summed E-state index contributed by atoms with van der Waals surface area (Å²) in [6, 6.07) is 12.4. The predicted molar refractivity (Wildman–Crippen MR) is 114 cm³/mol. The molecular weight excluding hydrogens is 368 g/mol. The Labute approximate surface area is 170 Å². The minimum absolute atomic E-state index is 0.0326. The standard InChI is InChI=1S/C22H26N4O3/c1-3-23-21(28)16-6-4-7-17(12-16)24-13-20(27)25-18-8-5-9-19(14(18)2)26-22(29)15-10-11-15/h4-9,12,15,24H,3,10-11,13H2,1-2H3,(H,23,28)(H,25,27)(H,26,29). The third-order valence-corrected chi connectivity index (χ3v) is 4.73. The van der Waals surface area contributed by atoms with Crippen LogP contribution >= 0.6 is 0 Å². The SMILES string of the molecule is CCNC(=O)c1cccc(NCC(=O)Nc2cccc(NC(=O)C3CC3)c2C)c1. The van der Waals surface area contributed by atoms with Gasteiger partial charge in [-0.05, 0) is 62.6 Å². The van der Waals surface area contributed by atoms with Crippen LogP contribution in [-0.2, 0) is 9.59 Å². The van der Waals surface area contributed by atoms with Gasteiger partial charge in [-0.25, -0.2) is 0 Å². The maximum atomic E-state index is 12.4. The van der Waals surface area contributed by atoms with Crippen LogP contribution in [0.4, 0.5) is 17.1 Å².